The molecule has 1 aromatic heterocycles. The number of carboxylic acid groups (broad SMARTS) is 1. The molecule has 2 N–H and O–H groups in total. The number of ether oxygens (including phenoxy) is 1. The van der Waals surface area contributed by atoms with Crippen molar-refractivity contribution < 1.29 is 14.6 Å². The molecule has 0 unspecified atom stereocenters. The van der Waals surface area contributed by atoms with Crippen LogP contribution in [0.3, 0.4) is 0 Å². The molecule has 2 aromatic rings. The molecule has 5 nitrogen and oxygen atoms in total. The third kappa shape index (κ3) is 1.51. The molecule has 1 aromatic carbocycles. The molecule has 1 saturated heterocycles. The molecular weight excluding hydrogens is 244 g/mol. The van der Waals surface area contributed by atoms with E-state index in [0.29, 0.717) is 13.2 Å². The lowest BCUT2D eigenvalue weighted by molar-refractivity contribution is -0.171. The first-order chi connectivity index (χ1) is 8.97. The molecule has 1 fully saturated rings. The van der Waals surface area contributed by atoms with E-state index in [1.54, 1.807) is 20.2 Å². The van der Waals surface area contributed by atoms with Crippen molar-refractivity contribution in [2.45, 2.75) is 19.3 Å². The van der Waals surface area contributed by atoms with E-state index in [1.807, 2.05) is 18.2 Å². The van der Waals surface area contributed by atoms with Gasteiger partial charge in [-0.3, -0.25) is 4.79 Å². The average molecular weight is 260 g/mol. The van der Waals surface area contributed by atoms with Gasteiger partial charge in [-0.1, -0.05) is 6.07 Å². The van der Waals surface area contributed by atoms with E-state index in [1.165, 1.54) is 0 Å². The number of hydrogen-bond acceptors (Lipinski definition) is 3. The maximum atomic E-state index is 11.6. The number of aromatic nitrogens is 2. The summed E-state index contributed by atoms with van der Waals surface area (Å²) < 4.78 is 5.33. The number of benzene rings is 1. The Kier molecular flexibility index (Phi) is 2.44. The molecular formula is C14H16N2O3. The van der Waals surface area contributed by atoms with Crippen LogP contribution in [-0.4, -0.2) is 34.3 Å². The summed E-state index contributed by atoms with van der Waals surface area (Å²) >= 11 is 0. The second kappa shape index (κ2) is 3.81. The van der Waals surface area contributed by atoms with Gasteiger partial charge in [0.2, 0.25) is 0 Å². The molecule has 0 amide bonds. The number of imidazole rings is 1. The standard InChI is InChI=1S/C14H16N2O3/c1-13(2,12(17)18)14(6-19-7-14)9-3-4-10-11(5-9)16-8-15-10/h3-5,8H,6-7H2,1-2H3,(H,15,16)(H,17,18). The second-order valence-electron chi connectivity index (χ2n) is 5.64. The van der Waals surface area contributed by atoms with E-state index < -0.39 is 16.8 Å². The smallest absolute Gasteiger partial charge is 0.310 e. The first-order valence-electron chi connectivity index (χ1n) is 6.22. The summed E-state index contributed by atoms with van der Waals surface area (Å²) in [5, 5.41) is 9.50. The van der Waals surface area contributed by atoms with Crippen LogP contribution in [0, 0.1) is 5.41 Å². The predicted molar refractivity (Wildman–Crippen MR) is 70.0 cm³/mol. The van der Waals surface area contributed by atoms with Crippen LogP contribution in [-0.2, 0) is 14.9 Å². The fraction of sp³-hybridized carbons (Fsp3) is 0.429. The van der Waals surface area contributed by atoms with Gasteiger partial charge < -0.3 is 14.8 Å². The van der Waals surface area contributed by atoms with Crippen molar-refractivity contribution in [1.82, 2.24) is 9.97 Å². The van der Waals surface area contributed by atoms with Crippen molar-refractivity contribution in [2.24, 2.45) is 5.41 Å². The third-order valence-electron chi connectivity index (χ3n) is 4.40. The molecule has 19 heavy (non-hydrogen) atoms. The number of fused-ring (bicyclic) bond motifs is 1. The molecule has 0 radical (unpaired) electrons. The van der Waals surface area contributed by atoms with Gasteiger partial charge in [0.15, 0.2) is 0 Å². The first-order valence-corrected chi connectivity index (χ1v) is 6.22. The zero-order chi connectivity index (χ0) is 13.7. The van der Waals surface area contributed by atoms with E-state index in [-0.39, 0.29) is 0 Å². The number of nitrogens with zero attached hydrogens (tertiary/aromatic N) is 1. The zero-order valence-electron chi connectivity index (χ0n) is 10.9. The lowest BCUT2D eigenvalue weighted by Crippen LogP contribution is -2.59. The molecule has 0 bridgehead atoms. The summed E-state index contributed by atoms with van der Waals surface area (Å²) in [6.07, 6.45) is 1.64. The van der Waals surface area contributed by atoms with Crippen LogP contribution in [0.1, 0.15) is 19.4 Å². The molecule has 0 atom stereocenters. The molecule has 3 rings (SSSR count). The van der Waals surface area contributed by atoms with Gasteiger partial charge in [0.1, 0.15) is 0 Å². The largest absolute Gasteiger partial charge is 0.481 e. The Balaban J connectivity index is 2.13. The normalized spacial score (nSPS) is 18.2. The van der Waals surface area contributed by atoms with Crippen molar-refractivity contribution in [1.29, 1.82) is 0 Å². The number of hydrogen-bond donors (Lipinski definition) is 2. The third-order valence-corrected chi connectivity index (χ3v) is 4.40. The number of aromatic amines is 1. The zero-order valence-corrected chi connectivity index (χ0v) is 10.9. The van der Waals surface area contributed by atoms with Gasteiger partial charge in [-0.05, 0) is 31.5 Å². The van der Waals surface area contributed by atoms with Gasteiger partial charge >= 0.3 is 5.97 Å². The molecule has 0 saturated carbocycles. The van der Waals surface area contributed by atoms with Crippen LogP contribution < -0.4 is 0 Å². The molecule has 0 aliphatic carbocycles. The summed E-state index contributed by atoms with van der Waals surface area (Å²) in [4.78, 5) is 18.8. The number of rotatable bonds is 3. The fourth-order valence-electron chi connectivity index (χ4n) is 2.63. The highest BCUT2D eigenvalue weighted by molar-refractivity contribution is 5.79. The summed E-state index contributed by atoms with van der Waals surface area (Å²) in [5.74, 6) is -0.805. The number of aliphatic carboxylic acids is 1. The first kappa shape index (κ1) is 12.2. The van der Waals surface area contributed by atoms with Gasteiger partial charge in [-0.15, -0.1) is 0 Å². The number of carboxylic acids is 1. The molecule has 1 aliphatic heterocycles. The molecule has 1 aliphatic rings. The van der Waals surface area contributed by atoms with E-state index in [9.17, 15) is 9.90 Å². The molecule has 5 heteroatoms. The maximum Gasteiger partial charge on any atom is 0.310 e. The van der Waals surface area contributed by atoms with Crippen LogP contribution >= 0.6 is 0 Å². The van der Waals surface area contributed by atoms with Crippen LogP contribution in [0.25, 0.3) is 11.0 Å². The Morgan fingerprint density at radius 1 is 1.47 bits per heavy atom. The van der Waals surface area contributed by atoms with E-state index in [4.69, 9.17) is 4.74 Å². The van der Waals surface area contributed by atoms with Crippen LogP contribution in [0.5, 0.6) is 0 Å². The highest BCUT2D eigenvalue weighted by Gasteiger charge is 2.56. The summed E-state index contributed by atoms with van der Waals surface area (Å²) in [6, 6.07) is 5.85. The van der Waals surface area contributed by atoms with E-state index in [2.05, 4.69) is 9.97 Å². The predicted octanol–water partition coefficient (Wildman–Crippen LogP) is 1.94. The number of carbonyl (C=O) groups is 1. The summed E-state index contributed by atoms with van der Waals surface area (Å²) in [7, 11) is 0. The quantitative estimate of drug-likeness (QED) is 0.884. The Bertz CT molecular complexity index is 641. The minimum atomic E-state index is -0.876. The van der Waals surface area contributed by atoms with Crippen LogP contribution in [0.15, 0.2) is 24.5 Å². The summed E-state index contributed by atoms with van der Waals surface area (Å²) in [5.41, 5.74) is 1.44. The van der Waals surface area contributed by atoms with Gasteiger partial charge in [0.05, 0.1) is 41.4 Å². The topological polar surface area (TPSA) is 75.2 Å². The number of nitrogens with one attached hydrogen (secondary N) is 1. The summed E-state index contributed by atoms with van der Waals surface area (Å²) in [6.45, 7) is 4.39. The van der Waals surface area contributed by atoms with Crippen molar-refractivity contribution in [3.8, 4) is 0 Å². The Morgan fingerprint density at radius 3 is 2.79 bits per heavy atom. The Labute approximate surface area is 110 Å². The lowest BCUT2D eigenvalue weighted by atomic mass is 9.60. The van der Waals surface area contributed by atoms with Crippen molar-refractivity contribution in [2.75, 3.05) is 13.2 Å². The number of H-pyrrole nitrogens is 1. The maximum absolute atomic E-state index is 11.6. The van der Waals surface area contributed by atoms with E-state index >= 15 is 0 Å². The highest BCUT2D eigenvalue weighted by atomic mass is 16.5. The lowest BCUT2D eigenvalue weighted by Gasteiger charge is -2.50. The highest BCUT2D eigenvalue weighted by Crippen LogP contribution is 2.47. The van der Waals surface area contributed by atoms with Gasteiger partial charge in [-0.25, -0.2) is 4.98 Å². The molecule has 100 valence electrons. The van der Waals surface area contributed by atoms with Crippen molar-refractivity contribution >= 4 is 17.0 Å². The fourth-order valence-corrected chi connectivity index (χ4v) is 2.63. The van der Waals surface area contributed by atoms with Crippen LogP contribution in [0.2, 0.25) is 0 Å². The van der Waals surface area contributed by atoms with E-state index in [0.717, 1.165) is 16.6 Å². The van der Waals surface area contributed by atoms with Gasteiger partial charge in [-0.2, -0.15) is 0 Å². The van der Waals surface area contributed by atoms with Gasteiger partial charge in [0.25, 0.3) is 0 Å². The second-order valence-corrected chi connectivity index (χ2v) is 5.64. The van der Waals surface area contributed by atoms with Crippen LogP contribution in [0.4, 0.5) is 0 Å². The Morgan fingerprint density at radius 2 is 2.21 bits per heavy atom. The van der Waals surface area contributed by atoms with Crippen molar-refractivity contribution in [3.63, 3.8) is 0 Å². The molecule has 0 spiro atoms. The minimum absolute atomic E-state index is 0.436. The minimum Gasteiger partial charge on any atom is -0.481 e. The molecule has 2 heterocycles. The van der Waals surface area contributed by atoms with Gasteiger partial charge in [0, 0.05) is 0 Å². The average Bonchev–Trinajstić information content (AvgIpc) is 2.74. The Hall–Kier alpha value is -1.88. The monoisotopic (exact) mass is 260 g/mol. The van der Waals surface area contributed by atoms with Crippen molar-refractivity contribution in [3.05, 3.63) is 30.1 Å². The SMILES string of the molecule is CC(C)(C(=O)O)C1(c2ccc3nc[nH]c3c2)COC1.